The van der Waals surface area contributed by atoms with E-state index in [4.69, 9.17) is 9.47 Å². The Labute approximate surface area is 126 Å². The number of likely N-dealkylation sites (tertiary alicyclic amines) is 1. The average molecular weight is 308 g/mol. The number of ether oxygens (including phenoxy) is 2. The molecule has 0 saturated carbocycles. The zero-order chi connectivity index (χ0) is 16.3. The van der Waals surface area contributed by atoms with Gasteiger partial charge < -0.3 is 14.4 Å². The molecular formula is C14H16N2O6. The third-order valence-corrected chi connectivity index (χ3v) is 3.26. The Bertz CT molecular complexity index is 584. The minimum Gasteiger partial charge on any atom is -0.428 e. The summed E-state index contributed by atoms with van der Waals surface area (Å²) in [4.78, 5) is 35.0. The van der Waals surface area contributed by atoms with Crippen LogP contribution < -0.4 is 4.74 Å². The van der Waals surface area contributed by atoms with Crippen LogP contribution in [0.2, 0.25) is 0 Å². The molecule has 2 rings (SSSR count). The van der Waals surface area contributed by atoms with Gasteiger partial charge in [0.1, 0.15) is 11.9 Å². The predicted molar refractivity (Wildman–Crippen MR) is 75.5 cm³/mol. The molecule has 22 heavy (non-hydrogen) atoms. The number of nitro benzene ring substituents is 1. The molecule has 0 spiro atoms. The average Bonchev–Trinajstić information content (AvgIpc) is 2.80. The predicted octanol–water partition coefficient (Wildman–Crippen LogP) is 2.12. The highest BCUT2D eigenvalue weighted by molar-refractivity contribution is 5.80. The summed E-state index contributed by atoms with van der Waals surface area (Å²) in [5, 5.41) is 10.5. The number of rotatable bonds is 4. The second kappa shape index (κ2) is 6.42. The van der Waals surface area contributed by atoms with E-state index >= 15 is 0 Å². The second-order valence-corrected chi connectivity index (χ2v) is 5.19. The summed E-state index contributed by atoms with van der Waals surface area (Å²) in [7, 11) is 0. The highest BCUT2D eigenvalue weighted by atomic mass is 16.7. The summed E-state index contributed by atoms with van der Waals surface area (Å²) in [5.74, 6) is 0.0729. The van der Waals surface area contributed by atoms with Gasteiger partial charge in [0, 0.05) is 18.2 Å². The summed E-state index contributed by atoms with van der Waals surface area (Å²) >= 11 is 0. The smallest absolute Gasteiger partial charge is 0.428 e. The van der Waals surface area contributed by atoms with Crippen molar-refractivity contribution in [3.63, 3.8) is 0 Å². The van der Waals surface area contributed by atoms with Crippen LogP contribution in [0.4, 0.5) is 10.5 Å². The molecule has 0 aliphatic carbocycles. The summed E-state index contributed by atoms with van der Waals surface area (Å²) in [6.07, 6.45) is -1.34. The standard InChI is InChI=1S/C14H16N2O6/c1-9(2)15-8-12(7-13(15)17)22-14(18)21-11-5-3-10(4-6-11)16(19)20/h3-6,9,12H,7-8H2,1-2H3/t12-/m0/s1. The molecule has 0 N–H and O–H groups in total. The topological polar surface area (TPSA) is 99.0 Å². The maximum Gasteiger partial charge on any atom is 0.514 e. The maximum atomic E-state index is 11.7. The lowest BCUT2D eigenvalue weighted by Crippen LogP contribution is -2.33. The van der Waals surface area contributed by atoms with Gasteiger partial charge in [0.15, 0.2) is 0 Å². The largest absolute Gasteiger partial charge is 0.514 e. The number of amides is 1. The first-order valence-corrected chi connectivity index (χ1v) is 6.79. The molecule has 0 unspecified atom stereocenters. The van der Waals surface area contributed by atoms with E-state index in [1.54, 1.807) is 4.90 Å². The van der Waals surface area contributed by atoms with Crippen LogP contribution in [0.25, 0.3) is 0 Å². The molecule has 1 fully saturated rings. The lowest BCUT2D eigenvalue weighted by Gasteiger charge is -2.20. The normalized spacial score (nSPS) is 17.7. The quantitative estimate of drug-likeness (QED) is 0.365. The van der Waals surface area contributed by atoms with Crippen molar-refractivity contribution < 1.29 is 24.0 Å². The lowest BCUT2D eigenvalue weighted by molar-refractivity contribution is -0.384. The number of carbonyl (C=O) groups is 2. The molecule has 1 aliphatic heterocycles. The monoisotopic (exact) mass is 308 g/mol. The fourth-order valence-electron chi connectivity index (χ4n) is 2.17. The molecule has 1 amide bonds. The molecule has 1 heterocycles. The molecule has 8 heteroatoms. The summed E-state index contributed by atoms with van der Waals surface area (Å²) in [5.41, 5.74) is -0.102. The van der Waals surface area contributed by atoms with E-state index in [1.807, 2.05) is 13.8 Å². The van der Waals surface area contributed by atoms with E-state index in [9.17, 15) is 19.7 Å². The fraction of sp³-hybridized carbons (Fsp3) is 0.429. The number of carbonyl (C=O) groups excluding carboxylic acids is 2. The SMILES string of the molecule is CC(C)N1C[C@@H](OC(=O)Oc2ccc([N+](=O)[O-])cc2)CC1=O. The first-order valence-electron chi connectivity index (χ1n) is 6.79. The minimum atomic E-state index is -0.933. The molecule has 1 aliphatic rings. The molecule has 0 radical (unpaired) electrons. The van der Waals surface area contributed by atoms with Crippen LogP contribution in [0.3, 0.4) is 0 Å². The summed E-state index contributed by atoms with van der Waals surface area (Å²) in [6, 6.07) is 5.11. The Morgan fingerprint density at radius 3 is 2.50 bits per heavy atom. The zero-order valence-corrected chi connectivity index (χ0v) is 12.2. The van der Waals surface area contributed by atoms with Crippen LogP contribution in [0.5, 0.6) is 5.75 Å². The van der Waals surface area contributed by atoms with Crippen molar-refractivity contribution in [3.05, 3.63) is 34.4 Å². The van der Waals surface area contributed by atoms with E-state index in [0.29, 0.717) is 6.54 Å². The second-order valence-electron chi connectivity index (χ2n) is 5.19. The van der Waals surface area contributed by atoms with Crippen LogP contribution in [-0.4, -0.2) is 40.6 Å². The number of hydrogen-bond donors (Lipinski definition) is 0. The fourth-order valence-corrected chi connectivity index (χ4v) is 2.17. The van der Waals surface area contributed by atoms with Crippen molar-refractivity contribution in [2.75, 3.05) is 6.54 Å². The van der Waals surface area contributed by atoms with Crippen LogP contribution >= 0.6 is 0 Å². The summed E-state index contributed by atoms with van der Waals surface area (Å²) < 4.78 is 10.0. The van der Waals surface area contributed by atoms with Crippen molar-refractivity contribution >= 4 is 17.7 Å². The molecule has 0 bridgehead atoms. The molecule has 1 aromatic carbocycles. The van der Waals surface area contributed by atoms with E-state index < -0.39 is 17.2 Å². The first-order chi connectivity index (χ1) is 10.4. The van der Waals surface area contributed by atoms with Gasteiger partial charge >= 0.3 is 6.16 Å². The zero-order valence-electron chi connectivity index (χ0n) is 12.2. The van der Waals surface area contributed by atoms with E-state index in [2.05, 4.69) is 0 Å². The van der Waals surface area contributed by atoms with Crippen molar-refractivity contribution in [1.29, 1.82) is 0 Å². The Balaban J connectivity index is 1.88. The highest BCUT2D eigenvalue weighted by Crippen LogP contribution is 2.20. The van der Waals surface area contributed by atoms with Gasteiger partial charge in [-0.1, -0.05) is 0 Å². The van der Waals surface area contributed by atoms with E-state index in [0.717, 1.165) is 0 Å². The van der Waals surface area contributed by atoms with Crippen molar-refractivity contribution in [1.82, 2.24) is 4.90 Å². The highest BCUT2D eigenvalue weighted by Gasteiger charge is 2.34. The number of hydrogen-bond acceptors (Lipinski definition) is 6. The van der Waals surface area contributed by atoms with Gasteiger partial charge in [-0.25, -0.2) is 4.79 Å². The minimum absolute atomic E-state index is 0.0480. The molecule has 0 aromatic heterocycles. The Morgan fingerprint density at radius 1 is 1.36 bits per heavy atom. The van der Waals surface area contributed by atoms with Gasteiger partial charge in [0.2, 0.25) is 5.91 Å². The molecule has 8 nitrogen and oxygen atoms in total. The van der Waals surface area contributed by atoms with Gasteiger partial charge in [0.25, 0.3) is 5.69 Å². The number of nitro groups is 1. The van der Waals surface area contributed by atoms with Crippen molar-refractivity contribution in [2.24, 2.45) is 0 Å². The molecule has 1 saturated heterocycles. The third kappa shape index (κ3) is 3.72. The third-order valence-electron chi connectivity index (χ3n) is 3.26. The van der Waals surface area contributed by atoms with Crippen LogP contribution in [0, 0.1) is 10.1 Å². The van der Waals surface area contributed by atoms with Gasteiger partial charge in [-0.05, 0) is 26.0 Å². The first kappa shape index (κ1) is 15.7. The Hall–Kier alpha value is -2.64. The molecule has 118 valence electrons. The number of non-ortho nitro benzene ring substituents is 1. The molecular weight excluding hydrogens is 292 g/mol. The van der Waals surface area contributed by atoms with Crippen LogP contribution in [0.15, 0.2) is 24.3 Å². The van der Waals surface area contributed by atoms with E-state index in [-0.39, 0.29) is 29.8 Å². The van der Waals surface area contributed by atoms with Crippen molar-refractivity contribution in [2.45, 2.75) is 32.4 Å². The molecule has 1 aromatic rings. The van der Waals surface area contributed by atoms with Crippen molar-refractivity contribution in [3.8, 4) is 5.75 Å². The Kier molecular flexibility index (Phi) is 4.59. The molecule has 1 atom stereocenters. The van der Waals surface area contributed by atoms with Gasteiger partial charge in [-0.15, -0.1) is 0 Å². The Morgan fingerprint density at radius 2 is 2.00 bits per heavy atom. The van der Waals surface area contributed by atoms with Gasteiger partial charge in [0.05, 0.1) is 17.9 Å². The van der Waals surface area contributed by atoms with Crippen LogP contribution in [0.1, 0.15) is 20.3 Å². The lowest BCUT2D eigenvalue weighted by atomic mass is 10.3. The maximum absolute atomic E-state index is 11.7. The van der Waals surface area contributed by atoms with Gasteiger partial charge in [-0.3, -0.25) is 14.9 Å². The number of nitrogens with zero attached hydrogens (tertiary/aromatic N) is 2. The van der Waals surface area contributed by atoms with Crippen LogP contribution in [-0.2, 0) is 9.53 Å². The van der Waals surface area contributed by atoms with E-state index in [1.165, 1.54) is 24.3 Å². The number of benzene rings is 1. The van der Waals surface area contributed by atoms with Gasteiger partial charge in [-0.2, -0.15) is 0 Å². The summed E-state index contributed by atoms with van der Waals surface area (Å²) in [6.45, 7) is 4.11.